The molecule has 0 spiro atoms. The van der Waals surface area contributed by atoms with Crippen molar-refractivity contribution in [2.75, 3.05) is 13.1 Å². The number of carbonyl (C=O) groups is 2. The minimum absolute atomic E-state index is 0.00985. The van der Waals surface area contributed by atoms with Crippen LogP contribution in [0.25, 0.3) is 0 Å². The first-order valence-electron chi connectivity index (χ1n) is 5.07. The first-order chi connectivity index (χ1) is 7.80. The van der Waals surface area contributed by atoms with Gasteiger partial charge < -0.3 is 10.0 Å². The standard InChI is InChI=1S/C10H12F3NO3/c11-10(12,13)7-2-1-5-14(6-7)8(15)3-4-9(16)17/h3-4,7H,1-2,5-6H2,(H,16,17)/b4-3-. The Hall–Kier alpha value is -1.53. The number of alkyl halides is 3. The highest BCUT2D eigenvalue weighted by Crippen LogP contribution is 2.33. The van der Waals surface area contributed by atoms with Crippen LogP contribution in [0.3, 0.4) is 0 Å². The maximum atomic E-state index is 12.4. The van der Waals surface area contributed by atoms with Gasteiger partial charge >= 0.3 is 12.1 Å². The Balaban J connectivity index is 2.61. The summed E-state index contributed by atoms with van der Waals surface area (Å²) in [7, 11) is 0. The molecule has 0 radical (unpaired) electrons. The molecular formula is C10H12F3NO3. The third kappa shape index (κ3) is 4.08. The third-order valence-electron chi connectivity index (χ3n) is 2.56. The molecule has 0 aromatic heterocycles. The lowest BCUT2D eigenvalue weighted by molar-refractivity contribution is -0.187. The fraction of sp³-hybridized carbons (Fsp3) is 0.600. The van der Waals surface area contributed by atoms with Gasteiger partial charge in [-0.1, -0.05) is 0 Å². The Kier molecular flexibility index (Phi) is 4.14. The minimum Gasteiger partial charge on any atom is -0.478 e. The van der Waals surface area contributed by atoms with E-state index >= 15 is 0 Å². The van der Waals surface area contributed by atoms with Gasteiger partial charge in [0.15, 0.2) is 0 Å². The summed E-state index contributed by atoms with van der Waals surface area (Å²) < 4.78 is 37.3. The van der Waals surface area contributed by atoms with Crippen LogP contribution in [0.2, 0.25) is 0 Å². The van der Waals surface area contributed by atoms with E-state index in [0.29, 0.717) is 6.08 Å². The lowest BCUT2D eigenvalue weighted by atomic mass is 9.97. The Labute approximate surface area is 95.7 Å². The van der Waals surface area contributed by atoms with Crippen LogP contribution in [-0.4, -0.2) is 41.1 Å². The van der Waals surface area contributed by atoms with Crippen molar-refractivity contribution in [2.45, 2.75) is 19.0 Å². The molecule has 4 nitrogen and oxygen atoms in total. The molecule has 0 bridgehead atoms. The highest BCUT2D eigenvalue weighted by Gasteiger charge is 2.42. The maximum Gasteiger partial charge on any atom is 0.393 e. The van der Waals surface area contributed by atoms with E-state index in [4.69, 9.17) is 5.11 Å². The molecule has 1 saturated heterocycles. The van der Waals surface area contributed by atoms with Crippen molar-refractivity contribution in [3.63, 3.8) is 0 Å². The van der Waals surface area contributed by atoms with Crippen molar-refractivity contribution in [2.24, 2.45) is 5.92 Å². The molecule has 17 heavy (non-hydrogen) atoms. The van der Waals surface area contributed by atoms with Crippen LogP contribution < -0.4 is 0 Å². The summed E-state index contributed by atoms with van der Waals surface area (Å²) in [6.07, 6.45) is -2.62. The van der Waals surface area contributed by atoms with Gasteiger partial charge in [-0.05, 0) is 12.8 Å². The number of likely N-dealkylation sites (tertiary alicyclic amines) is 1. The fourth-order valence-corrected chi connectivity index (χ4v) is 1.69. The van der Waals surface area contributed by atoms with Crippen molar-refractivity contribution >= 4 is 11.9 Å². The van der Waals surface area contributed by atoms with Crippen molar-refractivity contribution in [1.82, 2.24) is 4.90 Å². The molecule has 1 aliphatic rings. The van der Waals surface area contributed by atoms with Gasteiger partial charge in [-0.25, -0.2) is 4.79 Å². The van der Waals surface area contributed by atoms with Crippen LogP contribution in [0.5, 0.6) is 0 Å². The van der Waals surface area contributed by atoms with Gasteiger partial charge in [-0.2, -0.15) is 13.2 Å². The summed E-state index contributed by atoms with van der Waals surface area (Å²) >= 11 is 0. The molecule has 0 aliphatic carbocycles. The number of hydrogen-bond acceptors (Lipinski definition) is 2. The highest BCUT2D eigenvalue weighted by molar-refractivity contribution is 5.93. The van der Waals surface area contributed by atoms with Gasteiger partial charge in [-0.15, -0.1) is 0 Å². The lowest BCUT2D eigenvalue weighted by Crippen LogP contribution is -2.44. The minimum atomic E-state index is -4.31. The van der Waals surface area contributed by atoms with Gasteiger partial charge in [0.05, 0.1) is 5.92 Å². The molecule has 1 unspecified atom stereocenters. The number of carboxylic acid groups (broad SMARTS) is 1. The van der Waals surface area contributed by atoms with E-state index in [0.717, 1.165) is 11.0 Å². The number of carbonyl (C=O) groups excluding carboxylic acids is 1. The average molecular weight is 251 g/mol. The summed E-state index contributed by atoms with van der Waals surface area (Å²) in [4.78, 5) is 22.6. The second-order valence-electron chi connectivity index (χ2n) is 3.84. The van der Waals surface area contributed by atoms with E-state index in [2.05, 4.69) is 0 Å². The number of amides is 1. The largest absolute Gasteiger partial charge is 0.478 e. The molecular weight excluding hydrogens is 239 g/mol. The number of aliphatic carboxylic acids is 1. The molecule has 1 atom stereocenters. The van der Waals surface area contributed by atoms with Crippen molar-refractivity contribution in [1.29, 1.82) is 0 Å². The van der Waals surface area contributed by atoms with Crippen molar-refractivity contribution in [3.05, 3.63) is 12.2 Å². The number of carboxylic acids is 1. The summed E-state index contributed by atoms with van der Waals surface area (Å²) in [6.45, 7) is -0.165. The maximum absolute atomic E-state index is 12.4. The van der Waals surface area contributed by atoms with E-state index in [-0.39, 0.29) is 19.4 Å². The summed E-state index contributed by atoms with van der Waals surface area (Å²) in [5.41, 5.74) is 0. The Morgan fingerprint density at radius 3 is 2.47 bits per heavy atom. The number of nitrogens with zero attached hydrogens (tertiary/aromatic N) is 1. The average Bonchev–Trinajstić information content (AvgIpc) is 2.25. The van der Waals surface area contributed by atoms with Crippen LogP contribution in [-0.2, 0) is 9.59 Å². The molecule has 1 aliphatic heterocycles. The Morgan fingerprint density at radius 2 is 1.94 bits per heavy atom. The normalized spacial score (nSPS) is 21.8. The summed E-state index contributed by atoms with van der Waals surface area (Å²) in [6, 6.07) is 0. The molecule has 7 heteroatoms. The molecule has 96 valence electrons. The van der Waals surface area contributed by atoms with Gasteiger partial charge in [0.2, 0.25) is 5.91 Å². The third-order valence-corrected chi connectivity index (χ3v) is 2.56. The van der Waals surface area contributed by atoms with Gasteiger partial charge in [0, 0.05) is 25.2 Å². The van der Waals surface area contributed by atoms with Crippen LogP contribution >= 0.6 is 0 Å². The molecule has 1 N–H and O–H groups in total. The Morgan fingerprint density at radius 1 is 1.29 bits per heavy atom. The highest BCUT2D eigenvalue weighted by atomic mass is 19.4. The number of halogens is 3. The molecule has 1 amide bonds. The van der Waals surface area contributed by atoms with Crippen LogP contribution in [0, 0.1) is 5.92 Å². The number of rotatable bonds is 2. The van der Waals surface area contributed by atoms with Crippen LogP contribution in [0.15, 0.2) is 12.2 Å². The van der Waals surface area contributed by atoms with E-state index < -0.39 is 30.5 Å². The van der Waals surface area contributed by atoms with Gasteiger partial charge in [0.25, 0.3) is 0 Å². The van der Waals surface area contributed by atoms with Crippen molar-refractivity contribution in [3.8, 4) is 0 Å². The topological polar surface area (TPSA) is 57.6 Å². The smallest absolute Gasteiger partial charge is 0.393 e. The van der Waals surface area contributed by atoms with Crippen LogP contribution in [0.4, 0.5) is 13.2 Å². The quantitative estimate of drug-likeness (QED) is 0.755. The molecule has 0 aromatic rings. The predicted octanol–water partition coefficient (Wildman–Crippen LogP) is 1.43. The van der Waals surface area contributed by atoms with Gasteiger partial charge in [0.1, 0.15) is 0 Å². The zero-order chi connectivity index (χ0) is 13.1. The number of piperidine rings is 1. The second kappa shape index (κ2) is 5.20. The fourth-order valence-electron chi connectivity index (χ4n) is 1.69. The number of hydrogen-bond donors (Lipinski definition) is 1. The SMILES string of the molecule is O=C(O)/C=C\C(=O)N1CCCC(C(F)(F)F)C1. The van der Waals surface area contributed by atoms with Crippen LogP contribution in [0.1, 0.15) is 12.8 Å². The monoisotopic (exact) mass is 251 g/mol. The van der Waals surface area contributed by atoms with Gasteiger partial charge in [-0.3, -0.25) is 4.79 Å². The first-order valence-corrected chi connectivity index (χ1v) is 5.07. The zero-order valence-corrected chi connectivity index (χ0v) is 8.91. The summed E-state index contributed by atoms with van der Waals surface area (Å²) in [5, 5.41) is 8.30. The van der Waals surface area contributed by atoms with E-state index in [9.17, 15) is 22.8 Å². The first kappa shape index (κ1) is 13.5. The van der Waals surface area contributed by atoms with Crippen molar-refractivity contribution < 1.29 is 27.9 Å². The zero-order valence-electron chi connectivity index (χ0n) is 8.91. The molecule has 0 saturated carbocycles. The second-order valence-corrected chi connectivity index (χ2v) is 3.84. The molecule has 1 rings (SSSR count). The Bertz CT molecular complexity index is 338. The lowest BCUT2D eigenvalue weighted by Gasteiger charge is -2.33. The molecule has 1 fully saturated rings. The van der Waals surface area contributed by atoms with E-state index in [1.165, 1.54) is 0 Å². The van der Waals surface area contributed by atoms with E-state index in [1.54, 1.807) is 0 Å². The summed E-state index contributed by atoms with van der Waals surface area (Å²) in [5.74, 6) is -3.51. The molecule has 1 heterocycles. The molecule has 0 aromatic carbocycles. The van der Waals surface area contributed by atoms with E-state index in [1.807, 2.05) is 0 Å². The predicted molar refractivity (Wildman–Crippen MR) is 52.1 cm³/mol.